The summed E-state index contributed by atoms with van der Waals surface area (Å²) in [6.07, 6.45) is 10.0. The third kappa shape index (κ3) is 3.60. The lowest BCUT2D eigenvalue weighted by Crippen LogP contribution is -2.58. The molecule has 3 heteroatoms. The van der Waals surface area contributed by atoms with Crippen molar-refractivity contribution < 1.29 is 15.0 Å². The maximum absolute atomic E-state index is 12.1. The predicted molar refractivity (Wildman–Crippen MR) is 121 cm³/mol. The normalized spacial score (nSPS) is 48.1. The quantitative estimate of drug-likeness (QED) is 0.609. The Bertz CT molecular complexity index is 644. The molecule has 0 radical (unpaired) electrons. The average molecular weight is 419 g/mol. The van der Waals surface area contributed by atoms with Crippen LogP contribution in [0, 0.1) is 52.3 Å². The molecule has 2 N–H and O–H groups in total. The molecule has 0 aromatic carbocycles. The fourth-order valence-electron chi connectivity index (χ4n) is 8.96. The van der Waals surface area contributed by atoms with Gasteiger partial charge in [0.1, 0.15) is 5.78 Å². The standard InChI is InChI=1S/C27H46O3/c1-16(2)23(29)9-6-17(3)20-7-8-21-25-22(11-13-27(20,21)5)26(4)12-10-19(28)14-18(26)15-24(25)30/h16-18,20-25,29-30H,6-15H2,1-5H3/t17-,18+,20-,21+,22+,23+,24-,25+,26+,27-/m1/s1. The van der Waals surface area contributed by atoms with Crippen LogP contribution >= 0.6 is 0 Å². The molecule has 30 heavy (non-hydrogen) atoms. The molecule has 0 amide bonds. The van der Waals surface area contributed by atoms with Gasteiger partial charge in [0, 0.05) is 12.8 Å². The van der Waals surface area contributed by atoms with Crippen molar-refractivity contribution in [3.8, 4) is 0 Å². The largest absolute Gasteiger partial charge is 0.393 e. The highest BCUT2D eigenvalue weighted by Gasteiger charge is 2.62. The van der Waals surface area contributed by atoms with E-state index in [1.807, 2.05) is 0 Å². The molecule has 0 heterocycles. The highest BCUT2D eigenvalue weighted by Crippen LogP contribution is 2.68. The Balaban J connectivity index is 1.51. The van der Waals surface area contributed by atoms with Crippen molar-refractivity contribution in [1.82, 2.24) is 0 Å². The van der Waals surface area contributed by atoms with Gasteiger partial charge in [-0.1, -0.05) is 34.6 Å². The Morgan fingerprint density at radius 1 is 1.00 bits per heavy atom. The zero-order valence-electron chi connectivity index (χ0n) is 20.1. The minimum absolute atomic E-state index is 0.181. The van der Waals surface area contributed by atoms with Crippen LogP contribution < -0.4 is 0 Å². The van der Waals surface area contributed by atoms with Crippen LogP contribution in [-0.2, 0) is 4.79 Å². The molecule has 0 aromatic rings. The maximum Gasteiger partial charge on any atom is 0.133 e. The summed E-state index contributed by atoms with van der Waals surface area (Å²) in [7, 11) is 0. The zero-order chi connectivity index (χ0) is 21.8. The summed E-state index contributed by atoms with van der Waals surface area (Å²) in [5, 5.41) is 21.6. The van der Waals surface area contributed by atoms with Crippen molar-refractivity contribution in [3.63, 3.8) is 0 Å². The summed E-state index contributed by atoms with van der Waals surface area (Å²) in [6.45, 7) is 11.6. The molecule has 4 saturated carbocycles. The molecule has 0 bridgehead atoms. The first-order valence-electron chi connectivity index (χ1n) is 13.0. The van der Waals surface area contributed by atoms with Crippen molar-refractivity contribution in [2.45, 2.75) is 111 Å². The van der Waals surface area contributed by atoms with E-state index in [1.54, 1.807) is 0 Å². The van der Waals surface area contributed by atoms with Gasteiger partial charge in [-0.2, -0.15) is 0 Å². The number of ketones is 1. The van der Waals surface area contributed by atoms with Gasteiger partial charge in [-0.3, -0.25) is 4.79 Å². The second-order valence-corrected chi connectivity index (χ2v) is 12.6. The monoisotopic (exact) mass is 418 g/mol. The van der Waals surface area contributed by atoms with Gasteiger partial charge < -0.3 is 10.2 Å². The first-order chi connectivity index (χ1) is 14.1. The van der Waals surface area contributed by atoms with Crippen molar-refractivity contribution >= 4 is 5.78 Å². The summed E-state index contributed by atoms with van der Waals surface area (Å²) in [4.78, 5) is 12.1. The highest BCUT2D eigenvalue weighted by molar-refractivity contribution is 5.79. The van der Waals surface area contributed by atoms with Crippen LogP contribution in [0.15, 0.2) is 0 Å². The molecule has 0 spiro atoms. The van der Waals surface area contributed by atoms with E-state index >= 15 is 0 Å². The van der Waals surface area contributed by atoms with E-state index in [-0.39, 0.29) is 17.6 Å². The molecular weight excluding hydrogens is 372 g/mol. The molecule has 4 rings (SSSR count). The van der Waals surface area contributed by atoms with E-state index in [2.05, 4.69) is 34.6 Å². The van der Waals surface area contributed by atoms with Crippen LogP contribution in [0.3, 0.4) is 0 Å². The number of hydrogen-bond acceptors (Lipinski definition) is 3. The maximum atomic E-state index is 12.1. The molecule has 0 aromatic heterocycles. The summed E-state index contributed by atoms with van der Waals surface area (Å²) in [5.41, 5.74) is 0.586. The number of hydrogen-bond donors (Lipinski definition) is 2. The molecule has 0 saturated heterocycles. The van der Waals surface area contributed by atoms with Gasteiger partial charge in [0.2, 0.25) is 0 Å². The van der Waals surface area contributed by atoms with Crippen LogP contribution in [0.5, 0.6) is 0 Å². The Morgan fingerprint density at radius 3 is 2.40 bits per heavy atom. The van der Waals surface area contributed by atoms with Crippen LogP contribution in [0.4, 0.5) is 0 Å². The van der Waals surface area contributed by atoms with Gasteiger partial charge in [-0.15, -0.1) is 0 Å². The van der Waals surface area contributed by atoms with E-state index in [0.29, 0.717) is 59.0 Å². The third-order valence-corrected chi connectivity index (χ3v) is 10.9. The van der Waals surface area contributed by atoms with E-state index in [0.717, 1.165) is 32.1 Å². The molecule has 0 unspecified atom stereocenters. The molecule has 3 nitrogen and oxygen atoms in total. The number of aliphatic hydroxyl groups is 2. The second kappa shape index (κ2) is 8.18. The number of fused-ring (bicyclic) bond motifs is 5. The zero-order valence-corrected chi connectivity index (χ0v) is 20.1. The third-order valence-electron chi connectivity index (χ3n) is 10.9. The molecule has 4 fully saturated rings. The van der Waals surface area contributed by atoms with Crippen LogP contribution in [-0.4, -0.2) is 28.2 Å². The summed E-state index contributed by atoms with van der Waals surface area (Å²) in [6, 6.07) is 0. The van der Waals surface area contributed by atoms with Gasteiger partial charge in [0.25, 0.3) is 0 Å². The SMILES string of the molecule is CC(C)[C@@H](O)CC[C@@H](C)[C@H]1CC[C@H]2[C@@H]3[C@H](O)C[C@@H]4CC(=O)CC[C@]4(C)[C@H]3CC[C@]12C. The minimum Gasteiger partial charge on any atom is -0.393 e. The first kappa shape index (κ1) is 22.8. The Hall–Kier alpha value is -0.410. The van der Waals surface area contributed by atoms with Gasteiger partial charge in [0.15, 0.2) is 0 Å². The fourth-order valence-corrected chi connectivity index (χ4v) is 8.96. The Labute approximate surface area is 184 Å². The number of carbonyl (C=O) groups is 1. The second-order valence-electron chi connectivity index (χ2n) is 12.6. The van der Waals surface area contributed by atoms with Gasteiger partial charge in [0.05, 0.1) is 12.2 Å². The van der Waals surface area contributed by atoms with Crippen molar-refractivity contribution in [2.75, 3.05) is 0 Å². The smallest absolute Gasteiger partial charge is 0.133 e. The van der Waals surface area contributed by atoms with Crippen molar-refractivity contribution in [2.24, 2.45) is 52.3 Å². The molecular formula is C27H46O3. The number of rotatable bonds is 5. The molecule has 10 atom stereocenters. The Morgan fingerprint density at radius 2 is 1.70 bits per heavy atom. The van der Waals surface area contributed by atoms with Crippen LogP contribution in [0.1, 0.15) is 98.8 Å². The highest BCUT2D eigenvalue weighted by atomic mass is 16.3. The van der Waals surface area contributed by atoms with Gasteiger partial charge in [-0.25, -0.2) is 0 Å². The summed E-state index contributed by atoms with van der Waals surface area (Å²) in [5.74, 6) is 4.16. The average Bonchev–Trinajstić information content (AvgIpc) is 3.04. The molecule has 172 valence electrons. The fraction of sp³-hybridized carbons (Fsp3) is 0.963. The number of Topliss-reactive ketones (excluding diaryl/α,β-unsaturated/α-hetero) is 1. The molecule has 4 aliphatic rings. The summed E-state index contributed by atoms with van der Waals surface area (Å²) < 4.78 is 0. The van der Waals surface area contributed by atoms with Crippen LogP contribution in [0.25, 0.3) is 0 Å². The van der Waals surface area contributed by atoms with E-state index in [9.17, 15) is 15.0 Å². The first-order valence-corrected chi connectivity index (χ1v) is 13.0. The van der Waals surface area contributed by atoms with Crippen molar-refractivity contribution in [3.05, 3.63) is 0 Å². The van der Waals surface area contributed by atoms with Crippen molar-refractivity contribution in [1.29, 1.82) is 0 Å². The molecule has 4 aliphatic carbocycles. The predicted octanol–water partition coefficient (Wildman–Crippen LogP) is 5.62. The lowest BCUT2D eigenvalue weighted by Gasteiger charge is -2.62. The van der Waals surface area contributed by atoms with E-state index < -0.39 is 0 Å². The topological polar surface area (TPSA) is 57.5 Å². The minimum atomic E-state index is -0.222. The Kier molecular flexibility index (Phi) is 6.21. The van der Waals surface area contributed by atoms with Gasteiger partial charge in [-0.05, 0) is 104 Å². The summed E-state index contributed by atoms with van der Waals surface area (Å²) >= 11 is 0. The van der Waals surface area contributed by atoms with E-state index in [4.69, 9.17) is 0 Å². The van der Waals surface area contributed by atoms with Crippen LogP contribution in [0.2, 0.25) is 0 Å². The van der Waals surface area contributed by atoms with Gasteiger partial charge >= 0.3 is 0 Å². The van der Waals surface area contributed by atoms with E-state index in [1.165, 1.54) is 25.7 Å². The number of aliphatic hydroxyl groups excluding tert-OH is 2. The lowest BCUT2D eigenvalue weighted by atomic mass is 9.44. The lowest BCUT2D eigenvalue weighted by molar-refractivity contribution is -0.169. The number of carbonyl (C=O) groups excluding carboxylic acids is 1. The molecule has 0 aliphatic heterocycles.